The second kappa shape index (κ2) is 5.51. The van der Waals surface area contributed by atoms with E-state index in [0.29, 0.717) is 0 Å². The molecule has 1 heterocycles. The Morgan fingerprint density at radius 1 is 0.941 bits per heavy atom. The summed E-state index contributed by atoms with van der Waals surface area (Å²) in [6.07, 6.45) is 0. The number of hydrogen-bond acceptors (Lipinski definition) is 0. The molecule has 1 aromatic heterocycles. The molecule has 1 aromatic rings. The summed E-state index contributed by atoms with van der Waals surface area (Å²) in [4.78, 5) is 0. The third-order valence-corrected chi connectivity index (χ3v) is 1.91. The van der Waals surface area contributed by atoms with Crippen molar-refractivity contribution < 1.29 is 21.7 Å². The molecule has 0 radical (unpaired) electrons. The van der Waals surface area contributed by atoms with Crippen LogP contribution < -0.4 is 0 Å². The summed E-state index contributed by atoms with van der Waals surface area (Å²) in [6, 6.07) is 4.21. The number of hydrogen-bond donors (Lipinski definition) is 0. The molecule has 0 saturated heterocycles. The molecule has 0 aromatic carbocycles. The van der Waals surface area contributed by atoms with Crippen molar-refractivity contribution >= 4 is 7.25 Å². The maximum absolute atomic E-state index is 9.75. The lowest BCUT2D eigenvalue weighted by Gasteiger charge is -2.17. The number of aryl methyl sites for hydroxylation is 2. The molecule has 0 N–H and O–H groups in total. The quantitative estimate of drug-likeness (QED) is 0.367. The second-order valence-electron chi connectivity index (χ2n) is 4.81. The van der Waals surface area contributed by atoms with Gasteiger partial charge in [0.1, 0.15) is 0 Å². The van der Waals surface area contributed by atoms with E-state index in [1.807, 2.05) is 13.8 Å². The average Bonchev–Trinajstić information content (AvgIpc) is 1.96. The summed E-state index contributed by atoms with van der Waals surface area (Å²) in [5, 5.41) is 0. The highest BCUT2D eigenvalue weighted by Gasteiger charge is 2.20. The number of halogens is 4. The van der Waals surface area contributed by atoms with Crippen molar-refractivity contribution in [1.29, 1.82) is 0 Å². The zero-order valence-corrected chi connectivity index (χ0v) is 10.7. The lowest BCUT2D eigenvalue weighted by molar-refractivity contribution is 0.368. The first kappa shape index (κ1) is 15.9. The minimum absolute atomic E-state index is 0.215. The van der Waals surface area contributed by atoms with Gasteiger partial charge in [-0.05, 0) is 11.0 Å². The van der Waals surface area contributed by atoms with Gasteiger partial charge in [0.05, 0.1) is 13.8 Å². The zero-order valence-electron chi connectivity index (χ0n) is 10.7. The van der Waals surface area contributed by atoms with Crippen LogP contribution in [0.5, 0.6) is 0 Å². The Hall–Kier alpha value is -1.07. The molecule has 0 saturated carbocycles. The van der Waals surface area contributed by atoms with E-state index in [0.717, 1.165) is 11.5 Å². The van der Waals surface area contributed by atoms with Crippen LogP contribution in [0.25, 0.3) is 0 Å². The first-order chi connectivity index (χ1) is 7.39. The van der Waals surface area contributed by atoms with Gasteiger partial charge in [-0.15, -0.1) is 0 Å². The van der Waals surface area contributed by atoms with Gasteiger partial charge in [0.15, 0.2) is 0 Å². The first-order valence-electron chi connectivity index (χ1n) is 5.19. The van der Waals surface area contributed by atoms with Gasteiger partial charge in [-0.2, -0.15) is 0 Å². The smallest absolute Gasteiger partial charge is 0.418 e. The van der Waals surface area contributed by atoms with Crippen molar-refractivity contribution in [2.45, 2.75) is 40.0 Å². The van der Waals surface area contributed by atoms with Crippen LogP contribution in [0.2, 0.25) is 0 Å². The molecule has 1 nitrogen and oxygen atoms in total. The SMILES string of the molecule is Cc1cc(C(C)(C)C)cc(C)[o+]1.F[B-](F)(F)F. The summed E-state index contributed by atoms with van der Waals surface area (Å²) < 4.78 is 44.4. The zero-order chi connectivity index (χ0) is 13.9. The third kappa shape index (κ3) is 8.71. The molecule has 0 spiro atoms. The van der Waals surface area contributed by atoms with E-state index in [4.69, 9.17) is 4.42 Å². The molecule has 0 bridgehead atoms. The fourth-order valence-electron chi connectivity index (χ4n) is 1.23. The van der Waals surface area contributed by atoms with Crippen LogP contribution in [-0.2, 0) is 5.41 Å². The summed E-state index contributed by atoms with van der Waals surface area (Å²) in [6.45, 7) is 10.6. The molecule has 0 fully saturated rings. The summed E-state index contributed by atoms with van der Waals surface area (Å²) in [7, 11) is -6.00. The Labute approximate surface area is 98.9 Å². The van der Waals surface area contributed by atoms with Gasteiger partial charge in [0.2, 0.25) is 0 Å². The summed E-state index contributed by atoms with van der Waals surface area (Å²) in [5.41, 5.74) is 1.55. The molecule has 17 heavy (non-hydrogen) atoms. The molecule has 1 rings (SSSR count). The largest absolute Gasteiger partial charge is 0.673 e. The standard InChI is InChI=1S/C11H17O.BF4/c1-8-6-10(11(3,4)5)7-9(2)12-8;2-1(3,4)5/h6-7H,1-5H3;/q+1;-1. The van der Waals surface area contributed by atoms with E-state index in [1.165, 1.54) is 5.56 Å². The highest BCUT2D eigenvalue weighted by Crippen LogP contribution is 2.23. The molecule has 98 valence electrons. The van der Waals surface area contributed by atoms with Gasteiger partial charge in [-0.3, -0.25) is 0 Å². The van der Waals surface area contributed by atoms with E-state index in [1.54, 1.807) is 0 Å². The molecule has 0 aliphatic heterocycles. The van der Waals surface area contributed by atoms with Crippen molar-refractivity contribution in [3.63, 3.8) is 0 Å². The lowest BCUT2D eigenvalue weighted by Crippen LogP contribution is -2.11. The maximum atomic E-state index is 9.75. The monoisotopic (exact) mass is 252 g/mol. The maximum Gasteiger partial charge on any atom is 0.673 e. The molecular formula is C11H17BF4O. The van der Waals surface area contributed by atoms with Crippen LogP contribution in [0.3, 0.4) is 0 Å². The van der Waals surface area contributed by atoms with Crippen LogP contribution in [0.1, 0.15) is 37.9 Å². The lowest BCUT2D eigenvalue weighted by atomic mass is 9.87. The van der Waals surface area contributed by atoms with Gasteiger partial charge in [0.25, 0.3) is 0 Å². The molecule has 0 unspecified atom stereocenters. The topological polar surface area (TPSA) is 11.3 Å². The Kier molecular flexibility index (Phi) is 5.17. The van der Waals surface area contributed by atoms with Crippen LogP contribution in [0.15, 0.2) is 16.5 Å². The third-order valence-electron chi connectivity index (χ3n) is 1.91. The fraction of sp³-hybridized carbons (Fsp3) is 0.545. The van der Waals surface area contributed by atoms with Crippen molar-refractivity contribution in [3.05, 3.63) is 29.2 Å². The number of rotatable bonds is 0. The van der Waals surface area contributed by atoms with E-state index in [2.05, 4.69) is 32.9 Å². The second-order valence-corrected chi connectivity index (χ2v) is 4.81. The molecule has 6 heteroatoms. The van der Waals surface area contributed by atoms with Crippen LogP contribution in [0, 0.1) is 13.8 Å². The van der Waals surface area contributed by atoms with Crippen molar-refractivity contribution in [3.8, 4) is 0 Å². The normalized spacial score (nSPS) is 11.8. The molecule has 0 aliphatic carbocycles. The van der Waals surface area contributed by atoms with E-state index in [-0.39, 0.29) is 5.41 Å². The van der Waals surface area contributed by atoms with Crippen molar-refractivity contribution in [2.75, 3.05) is 0 Å². The first-order valence-corrected chi connectivity index (χ1v) is 5.19. The highest BCUT2D eigenvalue weighted by molar-refractivity contribution is 6.50. The van der Waals surface area contributed by atoms with Crippen molar-refractivity contribution in [2.24, 2.45) is 0 Å². The van der Waals surface area contributed by atoms with Crippen LogP contribution >= 0.6 is 0 Å². The van der Waals surface area contributed by atoms with Crippen molar-refractivity contribution in [1.82, 2.24) is 0 Å². The van der Waals surface area contributed by atoms with Crippen LogP contribution in [0.4, 0.5) is 17.3 Å². The van der Waals surface area contributed by atoms with Gasteiger partial charge < -0.3 is 17.3 Å². The fourth-order valence-corrected chi connectivity index (χ4v) is 1.23. The van der Waals surface area contributed by atoms with Gasteiger partial charge >= 0.3 is 18.8 Å². The molecular weight excluding hydrogens is 235 g/mol. The minimum atomic E-state index is -6.00. The Morgan fingerprint density at radius 3 is 1.47 bits per heavy atom. The Morgan fingerprint density at radius 2 is 1.24 bits per heavy atom. The van der Waals surface area contributed by atoms with Crippen LogP contribution in [-0.4, -0.2) is 7.25 Å². The minimum Gasteiger partial charge on any atom is -0.418 e. The summed E-state index contributed by atoms with van der Waals surface area (Å²) >= 11 is 0. The molecule has 0 atom stereocenters. The van der Waals surface area contributed by atoms with E-state index >= 15 is 0 Å². The van der Waals surface area contributed by atoms with E-state index < -0.39 is 7.25 Å². The summed E-state index contributed by atoms with van der Waals surface area (Å²) in [5.74, 6) is 1.97. The highest BCUT2D eigenvalue weighted by atomic mass is 19.5. The van der Waals surface area contributed by atoms with E-state index in [9.17, 15) is 17.3 Å². The Balaban J connectivity index is 0.000000437. The predicted octanol–water partition coefficient (Wildman–Crippen LogP) is 4.78. The average molecular weight is 252 g/mol. The predicted molar refractivity (Wildman–Crippen MR) is 61.5 cm³/mol. The molecule has 0 aliphatic rings. The van der Waals surface area contributed by atoms with Gasteiger partial charge in [-0.25, -0.2) is 4.42 Å². The van der Waals surface area contributed by atoms with Gasteiger partial charge in [0, 0.05) is 12.1 Å². The Bertz CT molecular complexity index is 342. The van der Waals surface area contributed by atoms with Gasteiger partial charge in [-0.1, -0.05) is 20.8 Å². The molecule has 0 amide bonds.